The zero-order valence-corrected chi connectivity index (χ0v) is 11.9. The van der Waals surface area contributed by atoms with Crippen molar-refractivity contribution in [1.29, 1.82) is 0 Å². The maximum atomic E-state index is 12.0. The topological polar surface area (TPSA) is 39.1 Å². The van der Waals surface area contributed by atoms with Gasteiger partial charge in [-0.15, -0.1) is 0 Å². The number of nitrogens with one attached hydrogen (secondary N) is 1. The Morgan fingerprint density at radius 3 is 2.70 bits per heavy atom. The van der Waals surface area contributed by atoms with Crippen LogP contribution in [0.5, 0.6) is 0 Å². The van der Waals surface area contributed by atoms with Crippen molar-refractivity contribution in [3.05, 3.63) is 18.0 Å². The molecule has 7 heteroatoms. The molecule has 0 bridgehead atoms. The third-order valence-electron chi connectivity index (χ3n) is 2.86. The van der Waals surface area contributed by atoms with Crippen LogP contribution < -0.4 is 5.32 Å². The van der Waals surface area contributed by atoms with E-state index in [-0.39, 0.29) is 12.6 Å². The van der Waals surface area contributed by atoms with E-state index in [0.29, 0.717) is 6.42 Å². The predicted molar refractivity (Wildman–Crippen MR) is 70.6 cm³/mol. The maximum Gasteiger partial charge on any atom is 0.411 e. The molecule has 0 fully saturated rings. The molecule has 0 aromatic carbocycles. The summed E-state index contributed by atoms with van der Waals surface area (Å²) in [7, 11) is 0. The quantitative estimate of drug-likeness (QED) is 0.711. The summed E-state index contributed by atoms with van der Waals surface area (Å²) in [5, 5.41) is 7.44. The minimum absolute atomic E-state index is 0.0963. The van der Waals surface area contributed by atoms with Gasteiger partial charge in [0, 0.05) is 25.4 Å². The number of aryl methyl sites for hydroxylation is 1. The van der Waals surface area contributed by atoms with Crippen LogP contribution in [0.1, 0.15) is 25.8 Å². The third-order valence-corrected chi connectivity index (χ3v) is 2.86. The van der Waals surface area contributed by atoms with Crippen molar-refractivity contribution in [3.8, 4) is 0 Å². The molecule has 0 aliphatic carbocycles. The lowest BCUT2D eigenvalue weighted by atomic mass is 10.1. The van der Waals surface area contributed by atoms with Gasteiger partial charge >= 0.3 is 6.18 Å². The van der Waals surface area contributed by atoms with Gasteiger partial charge in [0.15, 0.2) is 0 Å². The Morgan fingerprint density at radius 2 is 2.15 bits per heavy atom. The molecule has 0 amide bonds. The first kappa shape index (κ1) is 17.0. The monoisotopic (exact) mass is 293 g/mol. The molecule has 1 rings (SSSR count). The van der Waals surface area contributed by atoms with Crippen molar-refractivity contribution in [2.45, 2.75) is 45.5 Å². The van der Waals surface area contributed by atoms with E-state index in [1.54, 1.807) is 6.20 Å². The summed E-state index contributed by atoms with van der Waals surface area (Å²) in [6.07, 6.45) is 0.783. The lowest BCUT2D eigenvalue weighted by molar-refractivity contribution is -0.174. The maximum absolute atomic E-state index is 12.0. The minimum atomic E-state index is -4.25. The van der Waals surface area contributed by atoms with E-state index in [2.05, 4.69) is 15.2 Å². The minimum Gasteiger partial charge on any atom is -0.372 e. The molecule has 0 aliphatic rings. The number of rotatable bonds is 9. The van der Waals surface area contributed by atoms with E-state index in [1.165, 1.54) is 0 Å². The molecule has 0 radical (unpaired) electrons. The molecule has 0 aliphatic heterocycles. The van der Waals surface area contributed by atoms with E-state index in [4.69, 9.17) is 0 Å². The second-order valence-electron chi connectivity index (χ2n) is 4.62. The number of aromatic nitrogens is 2. The Bertz CT molecular complexity index is 379. The first-order valence-corrected chi connectivity index (χ1v) is 6.83. The number of halogens is 3. The first-order chi connectivity index (χ1) is 9.44. The van der Waals surface area contributed by atoms with Gasteiger partial charge in [-0.2, -0.15) is 18.3 Å². The van der Waals surface area contributed by atoms with Crippen molar-refractivity contribution < 1.29 is 17.9 Å². The second kappa shape index (κ2) is 8.26. The second-order valence-corrected chi connectivity index (χ2v) is 4.62. The van der Waals surface area contributed by atoms with Gasteiger partial charge in [-0.3, -0.25) is 4.68 Å². The molecule has 1 aromatic heterocycles. The summed E-state index contributed by atoms with van der Waals surface area (Å²) >= 11 is 0. The van der Waals surface area contributed by atoms with Gasteiger partial charge in [-0.05, 0) is 31.9 Å². The molecule has 1 atom stereocenters. The standard InChI is InChI=1S/C13H22F3N3O/c1-3-17-12(5-6-20-10-13(14,15)16)7-11-8-18-19(4-2)9-11/h8-9,12,17H,3-7,10H2,1-2H3. The molecule has 116 valence electrons. The lowest BCUT2D eigenvalue weighted by Gasteiger charge is -2.17. The van der Waals surface area contributed by atoms with Crippen LogP contribution in [0.15, 0.2) is 12.4 Å². The fourth-order valence-corrected chi connectivity index (χ4v) is 1.95. The summed E-state index contributed by atoms with van der Waals surface area (Å²) in [6.45, 7) is 4.47. The molecule has 1 aromatic rings. The number of alkyl halides is 3. The predicted octanol–water partition coefficient (Wildman–Crippen LogP) is 2.39. The van der Waals surface area contributed by atoms with Crippen LogP contribution in [0, 0.1) is 0 Å². The number of ether oxygens (including phenoxy) is 1. The third kappa shape index (κ3) is 6.91. The summed E-state index contributed by atoms with van der Waals surface area (Å²) < 4.78 is 42.4. The van der Waals surface area contributed by atoms with Crippen LogP contribution in [-0.4, -0.2) is 41.8 Å². The SMILES string of the molecule is CCNC(CCOCC(F)(F)F)Cc1cnn(CC)c1. The highest BCUT2D eigenvalue weighted by Crippen LogP contribution is 2.15. The Kier molecular flexibility index (Phi) is 7.01. The molecule has 4 nitrogen and oxygen atoms in total. The van der Waals surface area contributed by atoms with Gasteiger partial charge in [-0.25, -0.2) is 0 Å². The highest BCUT2D eigenvalue weighted by atomic mass is 19.4. The van der Waals surface area contributed by atoms with Gasteiger partial charge in [0.25, 0.3) is 0 Å². The summed E-state index contributed by atoms with van der Waals surface area (Å²) in [6, 6.07) is 0.0998. The first-order valence-electron chi connectivity index (χ1n) is 6.83. The highest BCUT2D eigenvalue weighted by molar-refractivity contribution is 5.06. The van der Waals surface area contributed by atoms with Crippen LogP contribution in [-0.2, 0) is 17.7 Å². The van der Waals surface area contributed by atoms with Crippen molar-refractivity contribution >= 4 is 0 Å². The van der Waals surface area contributed by atoms with E-state index < -0.39 is 12.8 Å². The lowest BCUT2D eigenvalue weighted by Crippen LogP contribution is -2.32. The van der Waals surface area contributed by atoms with Crippen LogP contribution in [0.25, 0.3) is 0 Å². The number of hydrogen-bond acceptors (Lipinski definition) is 3. The molecule has 0 saturated heterocycles. The van der Waals surface area contributed by atoms with Crippen molar-refractivity contribution in [2.75, 3.05) is 19.8 Å². The van der Waals surface area contributed by atoms with Gasteiger partial charge in [0.05, 0.1) is 6.20 Å². The molecule has 20 heavy (non-hydrogen) atoms. The van der Waals surface area contributed by atoms with Crippen LogP contribution in [0.4, 0.5) is 13.2 Å². The van der Waals surface area contributed by atoms with E-state index in [1.807, 2.05) is 24.7 Å². The van der Waals surface area contributed by atoms with Crippen molar-refractivity contribution in [3.63, 3.8) is 0 Å². The summed E-state index contributed by atoms with van der Waals surface area (Å²) in [5.74, 6) is 0. The van der Waals surface area contributed by atoms with E-state index in [0.717, 1.165) is 25.1 Å². The fourth-order valence-electron chi connectivity index (χ4n) is 1.95. The van der Waals surface area contributed by atoms with Gasteiger partial charge in [-0.1, -0.05) is 6.92 Å². The Morgan fingerprint density at radius 1 is 1.40 bits per heavy atom. The smallest absolute Gasteiger partial charge is 0.372 e. The molecular weight excluding hydrogens is 271 g/mol. The normalized spacial score (nSPS) is 13.7. The fraction of sp³-hybridized carbons (Fsp3) is 0.769. The zero-order chi connectivity index (χ0) is 15.0. The van der Waals surface area contributed by atoms with Crippen LogP contribution in [0.2, 0.25) is 0 Å². The van der Waals surface area contributed by atoms with Crippen molar-refractivity contribution in [2.24, 2.45) is 0 Å². The van der Waals surface area contributed by atoms with Crippen molar-refractivity contribution in [1.82, 2.24) is 15.1 Å². The number of likely N-dealkylation sites (N-methyl/N-ethyl adjacent to an activating group) is 1. The molecule has 1 N–H and O–H groups in total. The van der Waals surface area contributed by atoms with Gasteiger partial charge in [0.2, 0.25) is 0 Å². The van der Waals surface area contributed by atoms with Crippen LogP contribution >= 0.6 is 0 Å². The molecule has 0 saturated carbocycles. The summed E-state index contributed by atoms with van der Waals surface area (Å²) in [5.41, 5.74) is 1.08. The van der Waals surface area contributed by atoms with E-state index in [9.17, 15) is 13.2 Å². The Hall–Kier alpha value is -1.08. The summed E-state index contributed by atoms with van der Waals surface area (Å²) in [4.78, 5) is 0. The van der Waals surface area contributed by atoms with E-state index >= 15 is 0 Å². The Balaban J connectivity index is 2.36. The molecular formula is C13H22F3N3O. The van der Waals surface area contributed by atoms with Crippen LogP contribution in [0.3, 0.4) is 0 Å². The molecule has 0 spiro atoms. The molecule has 1 heterocycles. The molecule has 1 unspecified atom stereocenters. The number of nitrogens with zero attached hydrogens (tertiary/aromatic N) is 2. The Labute approximate surface area is 117 Å². The van der Waals surface area contributed by atoms with Gasteiger partial charge in [0.1, 0.15) is 6.61 Å². The zero-order valence-electron chi connectivity index (χ0n) is 11.9. The average molecular weight is 293 g/mol. The van der Waals surface area contributed by atoms with Gasteiger partial charge < -0.3 is 10.1 Å². The average Bonchev–Trinajstić information content (AvgIpc) is 2.81. The highest BCUT2D eigenvalue weighted by Gasteiger charge is 2.27. The largest absolute Gasteiger partial charge is 0.411 e. The number of hydrogen-bond donors (Lipinski definition) is 1.